The van der Waals surface area contributed by atoms with Gasteiger partial charge in [-0.2, -0.15) is 0 Å². The maximum atomic E-state index is 9.77. The molecule has 1 N–H and O–H groups in total. The number of aliphatic hydroxyl groups is 1. The molecule has 0 fully saturated rings. The van der Waals surface area contributed by atoms with Crippen LogP contribution in [0.2, 0.25) is 0 Å². The van der Waals surface area contributed by atoms with Crippen LogP contribution in [0, 0.1) is 0 Å². The smallest absolute Gasteiger partial charge is 0.0997 e. The first kappa shape index (κ1) is 10.6. The molecule has 1 rings (SSSR count). The van der Waals surface area contributed by atoms with Gasteiger partial charge < -0.3 is 5.11 Å². The van der Waals surface area contributed by atoms with Gasteiger partial charge in [0.25, 0.3) is 0 Å². The highest BCUT2D eigenvalue weighted by Crippen LogP contribution is 2.22. The van der Waals surface area contributed by atoms with E-state index in [0.717, 1.165) is 17.6 Å². The summed E-state index contributed by atoms with van der Waals surface area (Å²) < 4.78 is 0. The molecular weight excluding hydrogens is 172 g/mol. The summed E-state index contributed by atoms with van der Waals surface area (Å²) in [4.78, 5) is 0. The summed E-state index contributed by atoms with van der Waals surface area (Å²) in [7, 11) is 0. The fraction of sp³-hybridized carbons (Fsp3) is 0.231. The molecule has 1 aromatic carbocycles. The van der Waals surface area contributed by atoms with Gasteiger partial charge in [0.05, 0.1) is 5.76 Å². The maximum Gasteiger partial charge on any atom is 0.0997 e. The van der Waals surface area contributed by atoms with Crippen LogP contribution in [0.4, 0.5) is 0 Å². The number of hydrogen-bond donors (Lipinski definition) is 1. The number of benzene rings is 1. The molecular formula is C13H16O. The van der Waals surface area contributed by atoms with Crippen LogP contribution >= 0.6 is 0 Å². The van der Waals surface area contributed by atoms with E-state index < -0.39 is 0 Å². The summed E-state index contributed by atoms with van der Waals surface area (Å²) in [5.74, 6) is 0.425. The van der Waals surface area contributed by atoms with E-state index in [1.165, 1.54) is 0 Å². The zero-order valence-corrected chi connectivity index (χ0v) is 8.53. The standard InChI is InChI=1S/C13H16O/c1-3-8-13(14)12(4-2)11-9-6-5-7-10-11/h3,5-7,9-10,14H,1,4,8H2,2H3/b13-12-. The summed E-state index contributed by atoms with van der Waals surface area (Å²) in [5, 5.41) is 9.77. The molecule has 0 aliphatic rings. The molecule has 74 valence electrons. The van der Waals surface area contributed by atoms with Crippen LogP contribution in [0.25, 0.3) is 5.57 Å². The van der Waals surface area contributed by atoms with Gasteiger partial charge in [0.1, 0.15) is 0 Å². The van der Waals surface area contributed by atoms with Gasteiger partial charge in [0, 0.05) is 6.42 Å². The normalized spacial score (nSPS) is 12.1. The van der Waals surface area contributed by atoms with Crippen molar-refractivity contribution in [3.05, 3.63) is 54.3 Å². The lowest BCUT2D eigenvalue weighted by Gasteiger charge is -2.07. The van der Waals surface area contributed by atoms with Crippen molar-refractivity contribution in [3.63, 3.8) is 0 Å². The van der Waals surface area contributed by atoms with E-state index in [1.54, 1.807) is 6.08 Å². The third-order valence-corrected chi connectivity index (χ3v) is 2.16. The third-order valence-electron chi connectivity index (χ3n) is 2.16. The lowest BCUT2D eigenvalue weighted by molar-refractivity contribution is 0.403. The molecule has 0 amide bonds. The third kappa shape index (κ3) is 2.49. The topological polar surface area (TPSA) is 20.2 Å². The number of hydrogen-bond acceptors (Lipinski definition) is 1. The molecule has 0 atom stereocenters. The average molecular weight is 188 g/mol. The van der Waals surface area contributed by atoms with Crippen molar-refractivity contribution in [2.75, 3.05) is 0 Å². The maximum absolute atomic E-state index is 9.77. The largest absolute Gasteiger partial charge is 0.512 e. The molecule has 0 saturated carbocycles. The monoisotopic (exact) mass is 188 g/mol. The summed E-state index contributed by atoms with van der Waals surface area (Å²) in [6.07, 6.45) is 3.09. The minimum atomic E-state index is 0.425. The van der Waals surface area contributed by atoms with Gasteiger partial charge >= 0.3 is 0 Å². The molecule has 0 heterocycles. The Labute approximate surface area is 85.4 Å². The Balaban J connectivity index is 3.03. The van der Waals surface area contributed by atoms with Gasteiger partial charge in [-0.05, 0) is 17.6 Å². The molecule has 1 heteroatoms. The Bertz CT molecular complexity index is 322. The van der Waals surface area contributed by atoms with Crippen molar-refractivity contribution in [1.82, 2.24) is 0 Å². The first-order valence-corrected chi connectivity index (χ1v) is 4.87. The number of rotatable bonds is 4. The summed E-state index contributed by atoms with van der Waals surface area (Å²) in [6.45, 7) is 5.66. The Kier molecular flexibility index (Phi) is 3.99. The van der Waals surface area contributed by atoms with Crippen LogP contribution in [0.5, 0.6) is 0 Å². The molecule has 0 saturated heterocycles. The fourth-order valence-electron chi connectivity index (χ4n) is 1.47. The molecule has 0 unspecified atom stereocenters. The van der Waals surface area contributed by atoms with Gasteiger partial charge in [0.15, 0.2) is 0 Å². The van der Waals surface area contributed by atoms with Crippen molar-refractivity contribution in [2.24, 2.45) is 0 Å². The van der Waals surface area contributed by atoms with Gasteiger partial charge in [0.2, 0.25) is 0 Å². The predicted molar refractivity (Wildman–Crippen MR) is 61.1 cm³/mol. The van der Waals surface area contributed by atoms with E-state index in [-0.39, 0.29) is 0 Å². The van der Waals surface area contributed by atoms with Crippen LogP contribution in [0.15, 0.2) is 48.7 Å². The SMILES string of the molecule is C=CC/C(O)=C(\CC)c1ccccc1. The highest BCUT2D eigenvalue weighted by atomic mass is 16.3. The summed E-state index contributed by atoms with van der Waals surface area (Å²) >= 11 is 0. The minimum Gasteiger partial charge on any atom is -0.512 e. The van der Waals surface area contributed by atoms with E-state index in [9.17, 15) is 5.11 Å². The zero-order chi connectivity index (χ0) is 10.4. The predicted octanol–water partition coefficient (Wildman–Crippen LogP) is 3.94. The van der Waals surface area contributed by atoms with Crippen molar-refractivity contribution in [3.8, 4) is 0 Å². The molecule has 0 spiro atoms. The molecule has 1 aromatic rings. The molecule has 0 radical (unpaired) electrons. The molecule has 0 aliphatic carbocycles. The van der Waals surface area contributed by atoms with Gasteiger partial charge in [-0.25, -0.2) is 0 Å². The van der Waals surface area contributed by atoms with E-state index in [4.69, 9.17) is 0 Å². The Morgan fingerprint density at radius 2 is 2.00 bits per heavy atom. The van der Waals surface area contributed by atoms with Crippen LogP contribution in [-0.2, 0) is 0 Å². The summed E-state index contributed by atoms with van der Waals surface area (Å²) in [6, 6.07) is 9.95. The lowest BCUT2D eigenvalue weighted by atomic mass is 10.0. The van der Waals surface area contributed by atoms with Crippen molar-refractivity contribution in [2.45, 2.75) is 19.8 Å². The Morgan fingerprint density at radius 1 is 1.36 bits per heavy atom. The second-order valence-corrected chi connectivity index (χ2v) is 3.14. The first-order valence-electron chi connectivity index (χ1n) is 4.87. The molecule has 0 aromatic heterocycles. The molecule has 0 bridgehead atoms. The highest BCUT2D eigenvalue weighted by Gasteiger charge is 2.04. The number of aliphatic hydroxyl groups excluding tert-OH is 1. The zero-order valence-electron chi connectivity index (χ0n) is 8.53. The van der Waals surface area contributed by atoms with Gasteiger partial charge in [-0.3, -0.25) is 0 Å². The first-order chi connectivity index (χ1) is 6.79. The summed E-state index contributed by atoms with van der Waals surface area (Å²) in [5.41, 5.74) is 2.10. The minimum absolute atomic E-state index is 0.425. The van der Waals surface area contributed by atoms with Crippen molar-refractivity contribution >= 4 is 5.57 Å². The van der Waals surface area contributed by atoms with Gasteiger partial charge in [-0.1, -0.05) is 43.3 Å². The van der Waals surface area contributed by atoms with Gasteiger partial charge in [-0.15, -0.1) is 6.58 Å². The average Bonchev–Trinajstić information content (AvgIpc) is 2.21. The Morgan fingerprint density at radius 3 is 2.50 bits per heavy atom. The fourth-order valence-corrected chi connectivity index (χ4v) is 1.47. The lowest BCUT2D eigenvalue weighted by Crippen LogP contribution is -1.89. The van der Waals surface area contributed by atoms with E-state index in [0.29, 0.717) is 12.2 Å². The van der Waals surface area contributed by atoms with Crippen molar-refractivity contribution in [1.29, 1.82) is 0 Å². The van der Waals surface area contributed by atoms with E-state index in [2.05, 4.69) is 6.58 Å². The van der Waals surface area contributed by atoms with E-state index >= 15 is 0 Å². The van der Waals surface area contributed by atoms with Crippen molar-refractivity contribution < 1.29 is 5.11 Å². The molecule has 0 aliphatic heterocycles. The quantitative estimate of drug-likeness (QED) is 0.560. The second-order valence-electron chi connectivity index (χ2n) is 3.14. The molecule has 14 heavy (non-hydrogen) atoms. The van der Waals surface area contributed by atoms with Crippen LogP contribution in [0.1, 0.15) is 25.3 Å². The van der Waals surface area contributed by atoms with Crippen LogP contribution < -0.4 is 0 Å². The second kappa shape index (κ2) is 5.28. The molecule has 1 nitrogen and oxygen atoms in total. The van der Waals surface area contributed by atoms with E-state index in [1.807, 2.05) is 37.3 Å². The number of allylic oxidation sites excluding steroid dienone is 2. The Hall–Kier alpha value is -1.50. The van der Waals surface area contributed by atoms with Crippen LogP contribution in [-0.4, -0.2) is 5.11 Å². The van der Waals surface area contributed by atoms with Crippen LogP contribution in [0.3, 0.4) is 0 Å². The highest BCUT2D eigenvalue weighted by molar-refractivity contribution is 5.67.